The summed E-state index contributed by atoms with van der Waals surface area (Å²) >= 11 is 0. The van der Waals surface area contributed by atoms with E-state index in [0.717, 1.165) is 38.9 Å². The van der Waals surface area contributed by atoms with E-state index in [1.807, 2.05) is 6.92 Å². The van der Waals surface area contributed by atoms with Gasteiger partial charge in [-0.15, -0.1) is 0 Å². The summed E-state index contributed by atoms with van der Waals surface area (Å²) in [7, 11) is 0. The van der Waals surface area contributed by atoms with Crippen molar-refractivity contribution in [3.63, 3.8) is 0 Å². The lowest BCUT2D eigenvalue weighted by atomic mass is 9.72. The third-order valence-corrected chi connectivity index (χ3v) is 4.70. The summed E-state index contributed by atoms with van der Waals surface area (Å²) in [5.41, 5.74) is 8.48. The number of nitrogens with two attached hydrogens (primary N) is 1. The van der Waals surface area contributed by atoms with Gasteiger partial charge in [0.15, 0.2) is 0 Å². The highest BCUT2D eigenvalue weighted by Crippen LogP contribution is 2.36. The molecule has 1 amide bonds. The topological polar surface area (TPSA) is 64.4 Å². The Balaban J connectivity index is 2.13. The molecule has 0 radical (unpaired) electrons. The van der Waals surface area contributed by atoms with Crippen LogP contribution in [0.25, 0.3) is 0 Å². The van der Waals surface area contributed by atoms with Gasteiger partial charge in [-0.3, -0.25) is 4.79 Å². The minimum absolute atomic E-state index is 0.0365. The van der Waals surface area contributed by atoms with Crippen molar-refractivity contribution >= 4 is 5.91 Å². The van der Waals surface area contributed by atoms with Gasteiger partial charge in [-0.1, -0.05) is 37.6 Å². The molecule has 0 aromatic heterocycles. The molecule has 1 aliphatic rings. The molecule has 2 rings (SSSR count). The highest BCUT2D eigenvalue weighted by atomic mass is 16.5. The molecular formula is C18H28N2O2. The number of ether oxygens (including phenoxy) is 1. The molecule has 4 heteroatoms. The van der Waals surface area contributed by atoms with E-state index in [9.17, 15) is 4.79 Å². The van der Waals surface area contributed by atoms with E-state index in [2.05, 4.69) is 36.5 Å². The predicted molar refractivity (Wildman–Crippen MR) is 88.8 cm³/mol. The zero-order chi connectivity index (χ0) is 16.0. The third-order valence-electron chi connectivity index (χ3n) is 4.70. The van der Waals surface area contributed by atoms with Gasteiger partial charge in [0, 0.05) is 25.2 Å². The SMILES string of the molecule is CCCC(N)C(=O)NCC1(c2ccccc2C)CCOCC1. The molecule has 1 aromatic carbocycles. The molecule has 1 unspecified atom stereocenters. The summed E-state index contributed by atoms with van der Waals surface area (Å²) in [4.78, 5) is 12.2. The van der Waals surface area contributed by atoms with Crippen molar-refractivity contribution in [1.29, 1.82) is 0 Å². The van der Waals surface area contributed by atoms with Gasteiger partial charge in [-0.25, -0.2) is 0 Å². The fourth-order valence-corrected chi connectivity index (χ4v) is 3.30. The fraction of sp³-hybridized carbons (Fsp3) is 0.611. The van der Waals surface area contributed by atoms with Crippen molar-refractivity contribution in [3.8, 4) is 0 Å². The second-order valence-corrected chi connectivity index (χ2v) is 6.32. The molecule has 1 fully saturated rings. The molecule has 0 bridgehead atoms. The molecule has 0 saturated carbocycles. The van der Waals surface area contributed by atoms with Crippen LogP contribution in [-0.2, 0) is 14.9 Å². The molecule has 22 heavy (non-hydrogen) atoms. The molecule has 3 N–H and O–H groups in total. The Labute approximate surface area is 133 Å². The van der Waals surface area contributed by atoms with Gasteiger partial charge in [0.1, 0.15) is 0 Å². The van der Waals surface area contributed by atoms with Gasteiger partial charge < -0.3 is 15.8 Å². The lowest BCUT2D eigenvalue weighted by Gasteiger charge is -2.39. The smallest absolute Gasteiger partial charge is 0.236 e. The average Bonchev–Trinajstić information content (AvgIpc) is 2.54. The van der Waals surface area contributed by atoms with Crippen LogP contribution in [0.2, 0.25) is 0 Å². The van der Waals surface area contributed by atoms with Crippen LogP contribution >= 0.6 is 0 Å². The van der Waals surface area contributed by atoms with E-state index in [1.54, 1.807) is 0 Å². The van der Waals surface area contributed by atoms with Crippen molar-refractivity contribution in [3.05, 3.63) is 35.4 Å². The Hall–Kier alpha value is -1.39. The van der Waals surface area contributed by atoms with Gasteiger partial charge in [0.25, 0.3) is 0 Å². The molecule has 122 valence electrons. The van der Waals surface area contributed by atoms with E-state index in [-0.39, 0.29) is 11.3 Å². The zero-order valence-corrected chi connectivity index (χ0v) is 13.7. The molecule has 4 nitrogen and oxygen atoms in total. The van der Waals surface area contributed by atoms with Crippen LogP contribution in [0.3, 0.4) is 0 Å². The maximum atomic E-state index is 12.2. The van der Waals surface area contributed by atoms with Crippen LogP contribution in [-0.4, -0.2) is 31.7 Å². The van der Waals surface area contributed by atoms with Crippen LogP contribution in [0.5, 0.6) is 0 Å². The number of hydrogen-bond acceptors (Lipinski definition) is 3. The number of amides is 1. The molecule has 0 aliphatic carbocycles. The Morgan fingerprint density at radius 2 is 2.05 bits per heavy atom. The number of rotatable bonds is 6. The normalized spacial score (nSPS) is 18.7. The summed E-state index contributed by atoms with van der Waals surface area (Å²) < 4.78 is 5.54. The van der Waals surface area contributed by atoms with Crippen molar-refractivity contribution in [2.45, 2.75) is 51.0 Å². The summed E-state index contributed by atoms with van der Waals surface area (Å²) in [5.74, 6) is -0.0405. The first-order valence-corrected chi connectivity index (χ1v) is 8.26. The van der Waals surface area contributed by atoms with Gasteiger partial charge in [0.2, 0.25) is 5.91 Å². The number of carbonyl (C=O) groups excluding carboxylic acids is 1. The number of hydrogen-bond donors (Lipinski definition) is 2. The standard InChI is InChI=1S/C18H28N2O2/c1-3-6-16(19)17(21)20-13-18(9-11-22-12-10-18)15-8-5-4-7-14(15)2/h4-5,7-8,16H,3,6,9-13,19H2,1-2H3,(H,20,21). The van der Waals surface area contributed by atoms with E-state index in [0.29, 0.717) is 6.54 Å². The van der Waals surface area contributed by atoms with Gasteiger partial charge >= 0.3 is 0 Å². The van der Waals surface area contributed by atoms with Gasteiger partial charge in [-0.2, -0.15) is 0 Å². The van der Waals surface area contributed by atoms with Crippen molar-refractivity contribution in [1.82, 2.24) is 5.32 Å². The summed E-state index contributed by atoms with van der Waals surface area (Å²) in [6.45, 7) is 6.30. The minimum Gasteiger partial charge on any atom is -0.381 e. The first-order valence-electron chi connectivity index (χ1n) is 8.26. The molecular weight excluding hydrogens is 276 g/mol. The maximum absolute atomic E-state index is 12.2. The van der Waals surface area contributed by atoms with Crippen molar-refractivity contribution < 1.29 is 9.53 Å². The quantitative estimate of drug-likeness (QED) is 0.847. The van der Waals surface area contributed by atoms with Crippen LogP contribution in [0.15, 0.2) is 24.3 Å². The second kappa shape index (κ2) is 7.75. The average molecular weight is 304 g/mol. The summed E-state index contributed by atoms with van der Waals surface area (Å²) in [5, 5.41) is 3.08. The second-order valence-electron chi connectivity index (χ2n) is 6.32. The van der Waals surface area contributed by atoms with Crippen LogP contribution in [0.4, 0.5) is 0 Å². The Bertz CT molecular complexity index is 496. The summed E-state index contributed by atoms with van der Waals surface area (Å²) in [6.07, 6.45) is 3.51. The van der Waals surface area contributed by atoms with Crippen LogP contribution < -0.4 is 11.1 Å². The Kier molecular flexibility index (Phi) is 5.98. The van der Waals surface area contributed by atoms with Crippen LogP contribution in [0, 0.1) is 6.92 Å². The number of nitrogens with one attached hydrogen (secondary N) is 1. The lowest BCUT2D eigenvalue weighted by molar-refractivity contribution is -0.123. The number of aryl methyl sites for hydroxylation is 1. The molecule has 0 spiro atoms. The van der Waals surface area contributed by atoms with Crippen LogP contribution in [0.1, 0.15) is 43.7 Å². The Morgan fingerprint density at radius 3 is 2.68 bits per heavy atom. The third kappa shape index (κ3) is 3.87. The lowest BCUT2D eigenvalue weighted by Crippen LogP contribution is -2.49. The Morgan fingerprint density at radius 1 is 1.36 bits per heavy atom. The number of benzene rings is 1. The summed E-state index contributed by atoms with van der Waals surface area (Å²) in [6, 6.07) is 8.04. The van der Waals surface area contributed by atoms with Gasteiger partial charge in [-0.05, 0) is 37.3 Å². The van der Waals surface area contributed by atoms with E-state index >= 15 is 0 Å². The first-order chi connectivity index (χ1) is 10.6. The maximum Gasteiger partial charge on any atom is 0.236 e. The number of carbonyl (C=O) groups is 1. The molecule has 1 aromatic rings. The largest absolute Gasteiger partial charge is 0.381 e. The van der Waals surface area contributed by atoms with E-state index in [4.69, 9.17) is 10.5 Å². The molecule has 1 atom stereocenters. The molecule has 1 aliphatic heterocycles. The predicted octanol–water partition coefficient (Wildman–Crippen LogP) is 2.29. The van der Waals surface area contributed by atoms with E-state index in [1.165, 1.54) is 11.1 Å². The molecule has 1 heterocycles. The fourth-order valence-electron chi connectivity index (χ4n) is 3.30. The monoisotopic (exact) mass is 304 g/mol. The minimum atomic E-state index is -0.404. The molecule has 1 saturated heterocycles. The zero-order valence-electron chi connectivity index (χ0n) is 13.7. The first kappa shape index (κ1) is 17.0. The van der Waals surface area contributed by atoms with Gasteiger partial charge in [0.05, 0.1) is 6.04 Å². The van der Waals surface area contributed by atoms with Crippen molar-refractivity contribution in [2.24, 2.45) is 5.73 Å². The highest BCUT2D eigenvalue weighted by Gasteiger charge is 2.36. The van der Waals surface area contributed by atoms with E-state index < -0.39 is 6.04 Å². The van der Waals surface area contributed by atoms with Crippen molar-refractivity contribution in [2.75, 3.05) is 19.8 Å². The highest BCUT2D eigenvalue weighted by molar-refractivity contribution is 5.81.